The van der Waals surface area contributed by atoms with Crippen molar-refractivity contribution in [2.24, 2.45) is 5.92 Å². The number of piperidine rings is 1. The van der Waals surface area contributed by atoms with E-state index in [1.165, 1.54) is 11.4 Å². The first-order valence-corrected chi connectivity index (χ1v) is 12.7. The monoisotopic (exact) mass is 506 g/mol. The predicted molar refractivity (Wildman–Crippen MR) is 124 cm³/mol. The average molecular weight is 507 g/mol. The van der Waals surface area contributed by atoms with Crippen molar-refractivity contribution in [3.8, 4) is 5.75 Å². The van der Waals surface area contributed by atoms with Gasteiger partial charge in [-0.05, 0) is 74.6 Å². The van der Waals surface area contributed by atoms with Crippen molar-refractivity contribution in [1.29, 1.82) is 0 Å². The van der Waals surface area contributed by atoms with Gasteiger partial charge in [-0.1, -0.05) is 22.0 Å². The van der Waals surface area contributed by atoms with Crippen molar-refractivity contribution >= 4 is 37.5 Å². The van der Waals surface area contributed by atoms with Crippen LogP contribution in [0.15, 0.2) is 45.8 Å². The fourth-order valence-electron chi connectivity index (χ4n) is 4.62. The van der Waals surface area contributed by atoms with Crippen LogP contribution in [-0.2, 0) is 21.2 Å². The molecule has 2 aromatic rings. The van der Waals surface area contributed by atoms with Crippen molar-refractivity contribution in [2.75, 3.05) is 25.1 Å². The Morgan fingerprint density at radius 2 is 1.97 bits per heavy atom. The van der Waals surface area contributed by atoms with Gasteiger partial charge in [0.15, 0.2) is 0 Å². The molecule has 2 heterocycles. The summed E-state index contributed by atoms with van der Waals surface area (Å²) in [5.41, 5.74) is 2.92. The molecular formula is C23H27BrN2O4S. The molecule has 2 unspecified atom stereocenters. The van der Waals surface area contributed by atoms with Gasteiger partial charge in [-0.2, -0.15) is 4.31 Å². The summed E-state index contributed by atoms with van der Waals surface area (Å²) in [6, 6.07) is 11.2. The van der Waals surface area contributed by atoms with Gasteiger partial charge in [-0.25, -0.2) is 8.42 Å². The smallest absolute Gasteiger partial charge is 0.246 e. The molecule has 0 saturated carbocycles. The first-order chi connectivity index (χ1) is 14.7. The first kappa shape index (κ1) is 22.3. The number of sulfonamides is 1. The molecular weight excluding hydrogens is 480 g/mol. The molecule has 2 atom stereocenters. The minimum absolute atomic E-state index is 0.00433. The van der Waals surface area contributed by atoms with E-state index in [1.54, 1.807) is 12.1 Å². The molecule has 0 aliphatic carbocycles. The SMILES string of the molecule is COc1ccc(C)cc1S(=O)(=O)N1CCCC(C(=O)N2c3ccc(Br)cc3CC2C)C1. The van der Waals surface area contributed by atoms with E-state index in [2.05, 4.69) is 22.0 Å². The zero-order valence-corrected chi connectivity index (χ0v) is 20.4. The Balaban J connectivity index is 1.60. The van der Waals surface area contributed by atoms with E-state index in [-0.39, 0.29) is 29.3 Å². The number of ether oxygens (including phenoxy) is 1. The molecule has 1 amide bonds. The van der Waals surface area contributed by atoms with Gasteiger partial charge in [0.05, 0.1) is 13.0 Å². The van der Waals surface area contributed by atoms with Gasteiger partial charge in [-0.3, -0.25) is 4.79 Å². The second-order valence-electron chi connectivity index (χ2n) is 8.39. The van der Waals surface area contributed by atoms with Gasteiger partial charge in [0.2, 0.25) is 15.9 Å². The topological polar surface area (TPSA) is 66.9 Å². The third-order valence-electron chi connectivity index (χ3n) is 6.16. The van der Waals surface area contributed by atoms with Crippen LogP contribution in [0.25, 0.3) is 0 Å². The molecule has 1 saturated heterocycles. The second kappa shape index (κ2) is 8.56. The van der Waals surface area contributed by atoms with E-state index < -0.39 is 10.0 Å². The Hall–Kier alpha value is -1.90. The Bertz CT molecular complexity index is 1120. The highest BCUT2D eigenvalue weighted by Crippen LogP contribution is 2.37. The van der Waals surface area contributed by atoms with E-state index in [0.29, 0.717) is 25.1 Å². The predicted octanol–water partition coefficient (Wildman–Crippen LogP) is 4.14. The number of fused-ring (bicyclic) bond motifs is 1. The number of carbonyl (C=O) groups is 1. The molecule has 0 aromatic heterocycles. The zero-order chi connectivity index (χ0) is 22.3. The molecule has 0 spiro atoms. The minimum Gasteiger partial charge on any atom is -0.495 e. The van der Waals surface area contributed by atoms with Crippen LogP contribution < -0.4 is 9.64 Å². The third kappa shape index (κ3) is 4.13. The Morgan fingerprint density at radius 1 is 1.19 bits per heavy atom. The maximum Gasteiger partial charge on any atom is 0.246 e. The number of hydrogen-bond donors (Lipinski definition) is 0. The molecule has 0 radical (unpaired) electrons. The normalized spacial score (nSPS) is 21.7. The van der Waals surface area contributed by atoms with E-state index in [0.717, 1.165) is 27.7 Å². The van der Waals surface area contributed by atoms with E-state index in [9.17, 15) is 13.2 Å². The van der Waals surface area contributed by atoms with Crippen LogP contribution in [0.1, 0.15) is 30.9 Å². The molecule has 2 aromatic carbocycles. The molecule has 8 heteroatoms. The number of methoxy groups -OCH3 is 1. The summed E-state index contributed by atoms with van der Waals surface area (Å²) < 4.78 is 34.6. The number of benzene rings is 2. The van der Waals surface area contributed by atoms with Crippen molar-refractivity contribution in [3.05, 3.63) is 52.0 Å². The standard InChI is InChI=1S/C23H27BrN2O4S/c1-15-6-9-21(30-3)22(11-15)31(28,29)25-10-4-5-17(14-25)23(27)26-16(2)12-18-13-19(24)7-8-20(18)26/h6-9,11,13,16-17H,4-5,10,12,14H2,1-3H3. The summed E-state index contributed by atoms with van der Waals surface area (Å²) in [6.45, 7) is 4.49. The Labute approximate surface area is 192 Å². The summed E-state index contributed by atoms with van der Waals surface area (Å²) in [5, 5.41) is 0. The lowest BCUT2D eigenvalue weighted by molar-refractivity contribution is -0.123. The van der Waals surface area contributed by atoms with Crippen LogP contribution in [0.2, 0.25) is 0 Å². The number of aryl methyl sites for hydroxylation is 1. The van der Waals surface area contributed by atoms with Crippen LogP contribution in [0.4, 0.5) is 5.69 Å². The maximum absolute atomic E-state index is 13.5. The highest BCUT2D eigenvalue weighted by molar-refractivity contribution is 9.10. The summed E-state index contributed by atoms with van der Waals surface area (Å²) >= 11 is 3.50. The van der Waals surface area contributed by atoms with Gasteiger partial charge in [0, 0.05) is 29.3 Å². The van der Waals surface area contributed by atoms with Crippen LogP contribution in [0.5, 0.6) is 5.75 Å². The third-order valence-corrected chi connectivity index (χ3v) is 8.54. The first-order valence-electron chi connectivity index (χ1n) is 10.5. The largest absolute Gasteiger partial charge is 0.495 e. The maximum atomic E-state index is 13.5. The molecule has 2 aliphatic rings. The van der Waals surface area contributed by atoms with Gasteiger partial charge in [0.1, 0.15) is 10.6 Å². The van der Waals surface area contributed by atoms with Crippen molar-refractivity contribution in [3.63, 3.8) is 0 Å². The number of hydrogen-bond acceptors (Lipinski definition) is 4. The summed E-state index contributed by atoms with van der Waals surface area (Å²) in [4.78, 5) is 15.5. The van der Waals surface area contributed by atoms with Crippen LogP contribution >= 0.6 is 15.9 Å². The van der Waals surface area contributed by atoms with Gasteiger partial charge in [-0.15, -0.1) is 0 Å². The summed E-state index contributed by atoms with van der Waals surface area (Å²) in [5.74, 6) is -0.0345. The van der Waals surface area contributed by atoms with Crippen LogP contribution in [0.3, 0.4) is 0 Å². The second-order valence-corrected chi connectivity index (χ2v) is 11.2. The number of anilines is 1. The quantitative estimate of drug-likeness (QED) is 0.624. The fourth-order valence-corrected chi connectivity index (χ4v) is 6.79. The van der Waals surface area contributed by atoms with Crippen LogP contribution in [0, 0.1) is 12.8 Å². The number of halogens is 1. The number of amides is 1. The molecule has 2 aliphatic heterocycles. The lowest BCUT2D eigenvalue weighted by Crippen LogP contribution is -2.48. The number of nitrogens with zero attached hydrogens (tertiary/aromatic N) is 2. The fraction of sp³-hybridized carbons (Fsp3) is 0.435. The van der Waals surface area contributed by atoms with Gasteiger partial charge in [0.25, 0.3) is 0 Å². The molecule has 0 bridgehead atoms. The number of carbonyl (C=O) groups excluding carboxylic acids is 1. The van der Waals surface area contributed by atoms with Gasteiger partial charge < -0.3 is 9.64 Å². The molecule has 4 rings (SSSR count). The molecule has 6 nitrogen and oxygen atoms in total. The molecule has 1 fully saturated rings. The van der Waals surface area contributed by atoms with Crippen molar-refractivity contribution in [1.82, 2.24) is 4.31 Å². The lowest BCUT2D eigenvalue weighted by atomic mass is 9.97. The van der Waals surface area contributed by atoms with E-state index in [4.69, 9.17) is 4.74 Å². The highest BCUT2D eigenvalue weighted by atomic mass is 79.9. The minimum atomic E-state index is -3.77. The number of rotatable bonds is 4. The molecule has 31 heavy (non-hydrogen) atoms. The highest BCUT2D eigenvalue weighted by Gasteiger charge is 2.39. The Morgan fingerprint density at radius 3 is 2.71 bits per heavy atom. The van der Waals surface area contributed by atoms with E-state index in [1.807, 2.05) is 36.9 Å². The lowest BCUT2D eigenvalue weighted by Gasteiger charge is -2.35. The van der Waals surface area contributed by atoms with Gasteiger partial charge >= 0.3 is 0 Å². The summed E-state index contributed by atoms with van der Waals surface area (Å²) in [7, 11) is -2.30. The Kier molecular flexibility index (Phi) is 6.16. The van der Waals surface area contributed by atoms with Crippen molar-refractivity contribution < 1.29 is 17.9 Å². The van der Waals surface area contributed by atoms with Crippen molar-refractivity contribution in [2.45, 2.75) is 44.0 Å². The molecule has 166 valence electrons. The van der Waals surface area contributed by atoms with Crippen LogP contribution in [-0.4, -0.2) is 44.9 Å². The average Bonchev–Trinajstić information content (AvgIpc) is 3.07. The molecule has 0 N–H and O–H groups in total. The summed E-state index contributed by atoms with van der Waals surface area (Å²) in [6.07, 6.45) is 2.14. The zero-order valence-electron chi connectivity index (χ0n) is 18.0. The van der Waals surface area contributed by atoms with E-state index >= 15 is 0 Å².